The third-order valence-corrected chi connectivity index (χ3v) is 2.93. The van der Waals surface area contributed by atoms with Gasteiger partial charge in [-0.3, -0.25) is 14.4 Å². The minimum absolute atomic E-state index is 0.240. The van der Waals surface area contributed by atoms with Crippen LogP contribution in [-0.4, -0.2) is 28.4 Å². The number of hydrogen-bond donors (Lipinski definition) is 0. The predicted molar refractivity (Wildman–Crippen MR) is 61.5 cm³/mol. The van der Waals surface area contributed by atoms with Gasteiger partial charge in [0.25, 0.3) is 5.91 Å². The molecule has 2 rings (SSSR count). The van der Waals surface area contributed by atoms with Crippen molar-refractivity contribution in [2.75, 3.05) is 0 Å². The number of benzene rings is 1. The lowest BCUT2D eigenvalue weighted by Gasteiger charge is -2.22. The topological polar surface area (TPSA) is 54.5 Å². The molecule has 1 heterocycles. The second-order valence-corrected chi connectivity index (χ2v) is 4.21. The van der Waals surface area contributed by atoms with Crippen LogP contribution in [0.1, 0.15) is 29.8 Å². The van der Waals surface area contributed by atoms with Gasteiger partial charge in [0.15, 0.2) is 11.6 Å². The number of Topliss-reactive ketones (excluding diaryl/α,β-unsaturated/α-hetero) is 2. The van der Waals surface area contributed by atoms with E-state index < -0.39 is 6.04 Å². The van der Waals surface area contributed by atoms with Crippen LogP contribution in [-0.2, 0) is 16.1 Å². The summed E-state index contributed by atoms with van der Waals surface area (Å²) < 4.78 is 0. The number of amides is 1. The summed E-state index contributed by atoms with van der Waals surface area (Å²) in [5.74, 6) is -0.826. The van der Waals surface area contributed by atoms with Gasteiger partial charge in [-0.05, 0) is 25.5 Å². The lowest BCUT2D eigenvalue weighted by Crippen LogP contribution is -2.45. The van der Waals surface area contributed by atoms with Crippen molar-refractivity contribution in [3.8, 4) is 0 Å². The van der Waals surface area contributed by atoms with Gasteiger partial charge < -0.3 is 4.90 Å². The molecule has 0 unspecified atom stereocenters. The zero-order valence-corrected chi connectivity index (χ0v) is 9.77. The Morgan fingerprint density at radius 2 is 1.76 bits per heavy atom. The third kappa shape index (κ3) is 1.86. The number of nitrogens with zero attached hydrogens (tertiary/aromatic N) is 1. The Hall–Kier alpha value is -1.97. The molecule has 17 heavy (non-hydrogen) atoms. The van der Waals surface area contributed by atoms with E-state index in [4.69, 9.17) is 0 Å². The second kappa shape index (κ2) is 4.13. The van der Waals surface area contributed by atoms with Crippen LogP contribution in [0.3, 0.4) is 0 Å². The Labute approximate surface area is 99.2 Å². The Morgan fingerprint density at radius 1 is 1.18 bits per heavy atom. The number of ketones is 2. The normalized spacial score (nSPS) is 14.1. The van der Waals surface area contributed by atoms with Crippen LogP contribution in [0.4, 0.5) is 0 Å². The average Bonchev–Trinajstić information content (AvgIpc) is 2.56. The van der Waals surface area contributed by atoms with Gasteiger partial charge in [-0.1, -0.05) is 18.2 Å². The largest absolute Gasteiger partial charge is 0.317 e. The first kappa shape index (κ1) is 11.5. The van der Waals surface area contributed by atoms with Crippen molar-refractivity contribution in [1.29, 1.82) is 0 Å². The fourth-order valence-electron chi connectivity index (χ4n) is 2.21. The minimum Gasteiger partial charge on any atom is -0.317 e. The van der Waals surface area contributed by atoms with Crippen LogP contribution in [0.5, 0.6) is 0 Å². The van der Waals surface area contributed by atoms with Crippen LogP contribution in [0, 0.1) is 0 Å². The highest BCUT2D eigenvalue weighted by Crippen LogP contribution is 2.24. The van der Waals surface area contributed by atoms with E-state index in [9.17, 15) is 14.4 Å². The van der Waals surface area contributed by atoms with Crippen molar-refractivity contribution in [3.63, 3.8) is 0 Å². The van der Waals surface area contributed by atoms with E-state index >= 15 is 0 Å². The maximum absolute atomic E-state index is 12.1. The van der Waals surface area contributed by atoms with E-state index in [0.29, 0.717) is 12.1 Å². The summed E-state index contributed by atoms with van der Waals surface area (Å²) >= 11 is 0. The van der Waals surface area contributed by atoms with E-state index in [1.165, 1.54) is 18.7 Å². The molecule has 1 aliphatic heterocycles. The van der Waals surface area contributed by atoms with E-state index in [1.54, 1.807) is 12.1 Å². The second-order valence-electron chi connectivity index (χ2n) is 4.21. The quantitative estimate of drug-likeness (QED) is 0.734. The monoisotopic (exact) mass is 231 g/mol. The van der Waals surface area contributed by atoms with Crippen molar-refractivity contribution >= 4 is 17.5 Å². The fraction of sp³-hybridized carbons (Fsp3) is 0.308. The third-order valence-electron chi connectivity index (χ3n) is 2.93. The van der Waals surface area contributed by atoms with Crippen molar-refractivity contribution in [2.24, 2.45) is 0 Å². The predicted octanol–water partition coefficient (Wildman–Crippen LogP) is 1.19. The van der Waals surface area contributed by atoms with Crippen LogP contribution >= 0.6 is 0 Å². The molecule has 1 amide bonds. The minimum atomic E-state index is -0.949. The smallest absolute Gasteiger partial charge is 0.255 e. The molecule has 0 saturated heterocycles. The van der Waals surface area contributed by atoms with Crippen LogP contribution in [0.25, 0.3) is 0 Å². The first-order valence-corrected chi connectivity index (χ1v) is 5.42. The number of carbonyl (C=O) groups is 3. The molecule has 0 fully saturated rings. The first-order valence-electron chi connectivity index (χ1n) is 5.42. The molecule has 1 aromatic carbocycles. The number of hydrogen-bond acceptors (Lipinski definition) is 3. The van der Waals surface area contributed by atoms with Gasteiger partial charge in [0, 0.05) is 12.1 Å². The molecule has 4 nitrogen and oxygen atoms in total. The summed E-state index contributed by atoms with van der Waals surface area (Å²) in [6.07, 6.45) is 0. The zero-order chi connectivity index (χ0) is 12.6. The molecule has 88 valence electrons. The molecule has 0 spiro atoms. The van der Waals surface area contributed by atoms with Crippen molar-refractivity contribution < 1.29 is 14.4 Å². The zero-order valence-electron chi connectivity index (χ0n) is 9.77. The summed E-state index contributed by atoms with van der Waals surface area (Å²) in [5.41, 5.74) is 1.45. The van der Waals surface area contributed by atoms with Crippen LogP contribution in [0.2, 0.25) is 0 Å². The Kier molecular flexibility index (Phi) is 2.79. The van der Waals surface area contributed by atoms with Crippen molar-refractivity contribution in [2.45, 2.75) is 26.4 Å². The summed E-state index contributed by atoms with van der Waals surface area (Å²) in [6, 6.07) is 6.22. The molecule has 0 N–H and O–H groups in total. The van der Waals surface area contributed by atoms with Gasteiger partial charge >= 0.3 is 0 Å². The van der Waals surface area contributed by atoms with Crippen LogP contribution in [0.15, 0.2) is 24.3 Å². The maximum atomic E-state index is 12.1. The lowest BCUT2D eigenvalue weighted by atomic mass is 10.1. The molecule has 0 saturated carbocycles. The summed E-state index contributed by atoms with van der Waals surface area (Å²) in [7, 11) is 0. The van der Waals surface area contributed by atoms with Gasteiger partial charge in [-0.2, -0.15) is 0 Å². The van der Waals surface area contributed by atoms with Gasteiger partial charge in [-0.25, -0.2) is 0 Å². The molecular weight excluding hydrogens is 218 g/mol. The highest BCUT2D eigenvalue weighted by molar-refractivity contribution is 6.10. The van der Waals surface area contributed by atoms with E-state index in [-0.39, 0.29) is 17.5 Å². The average molecular weight is 231 g/mol. The summed E-state index contributed by atoms with van der Waals surface area (Å²) in [5, 5.41) is 0. The Morgan fingerprint density at radius 3 is 2.29 bits per heavy atom. The molecular formula is C13H13NO3. The highest BCUT2D eigenvalue weighted by Gasteiger charge is 2.36. The number of carbonyl (C=O) groups excluding carboxylic acids is 3. The molecule has 0 radical (unpaired) electrons. The highest BCUT2D eigenvalue weighted by atomic mass is 16.2. The molecule has 0 atom stereocenters. The molecule has 1 aromatic rings. The maximum Gasteiger partial charge on any atom is 0.255 e. The Bertz CT molecular complexity index is 493. The summed E-state index contributed by atoms with van der Waals surface area (Å²) in [4.78, 5) is 36.3. The fourth-order valence-corrected chi connectivity index (χ4v) is 2.21. The van der Waals surface area contributed by atoms with E-state index in [0.717, 1.165) is 5.56 Å². The molecule has 4 heteroatoms. The Balaban J connectivity index is 2.36. The molecule has 0 bridgehead atoms. The SMILES string of the molecule is CC(=O)C(C(C)=O)N1Cc2ccccc2C1=O. The van der Waals surface area contributed by atoms with Gasteiger partial charge in [0.1, 0.15) is 6.04 Å². The molecule has 0 aromatic heterocycles. The standard InChI is InChI=1S/C13H13NO3/c1-8(15)12(9(2)16)14-7-10-5-3-4-6-11(10)13(14)17/h3-6,12H,7H2,1-2H3. The van der Waals surface area contributed by atoms with E-state index in [2.05, 4.69) is 0 Å². The summed E-state index contributed by atoms with van der Waals surface area (Å²) in [6.45, 7) is 3.00. The van der Waals surface area contributed by atoms with Gasteiger partial charge in [-0.15, -0.1) is 0 Å². The van der Waals surface area contributed by atoms with Gasteiger partial charge in [0.2, 0.25) is 0 Å². The number of rotatable bonds is 3. The molecule has 0 aliphatic carbocycles. The molecule has 1 aliphatic rings. The van der Waals surface area contributed by atoms with E-state index in [1.807, 2.05) is 12.1 Å². The van der Waals surface area contributed by atoms with Crippen molar-refractivity contribution in [1.82, 2.24) is 4.90 Å². The van der Waals surface area contributed by atoms with Crippen molar-refractivity contribution in [3.05, 3.63) is 35.4 Å². The number of fused-ring (bicyclic) bond motifs is 1. The first-order chi connectivity index (χ1) is 8.02. The van der Waals surface area contributed by atoms with Gasteiger partial charge in [0.05, 0.1) is 0 Å². The van der Waals surface area contributed by atoms with Crippen LogP contribution < -0.4 is 0 Å². The lowest BCUT2D eigenvalue weighted by molar-refractivity contribution is -0.131.